The van der Waals surface area contributed by atoms with Crippen LogP contribution in [0.15, 0.2) is 60.0 Å². The number of thiazole rings is 1. The van der Waals surface area contributed by atoms with Gasteiger partial charge >= 0.3 is 12.2 Å². The molecule has 3 rings (SSSR count). The molecule has 2 amide bonds. The van der Waals surface area contributed by atoms with Crippen LogP contribution in [0.25, 0.3) is 10.6 Å². The molecule has 3 aromatic rings. The van der Waals surface area contributed by atoms with Crippen LogP contribution in [-0.4, -0.2) is 61.5 Å². The van der Waals surface area contributed by atoms with Gasteiger partial charge in [-0.15, -0.1) is 11.3 Å². The Morgan fingerprint density at radius 2 is 1.73 bits per heavy atom. The summed E-state index contributed by atoms with van der Waals surface area (Å²) in [6.07, 6.45) is 1.18. The fourth-order valence-electron chi connectivity index (χ4n) is 3.80. The molecule has 0 spiro atoms. The van der Waals surface area contributed by atoms with Gasteiger partial charge in [-0.1, -0.05) is 30.3 Å². The van der Waals surface area contributed by atoms with E-state index < -0.39 is 17.8 Å². The van der Waals surface area contributed by atoms with Gasteiger partial charge in [0.1, 0.15) is 29.6 Å². The molecule has 0 aliphatic carbocycles. The molecular weight excluding hydrogens is 540 g/mol. The van der Waals surface area contributed by atoms with E-state index in [0.29, 0.717) is 19.6 Å². The van der Waals surface area contributed by atoms with Crippen molar-refractivity contribution in [3.8, 4) is 16.3 Å². The first kappa shape index (κ1) is 31.9. The Morgan fingerprint density at radius 3 is 2.41 bits per heavy atom. The van der Waals surface area contributed by atoms with Gasteiger partial charge in [-0.2, -0.15) is 0 Å². The fraction of sp³-hybridized carbons (Fsp3) is 0.452. The van der Waals surface area contributed by atoms with Crippen LogP contribution in [0.2, 0.25) is 0 Å². The van der Waals surface area contributed by atoms with E-state index in [0.717, 1.165) is 47.0 Å². The van der Waals surface area contributed by atoms with Gasteiger partial charge in [0.2, 0.25) is 0 Å². The number of nitrogens with zero attached hydrogens (tertiary/aromatic N) is 2. The Balaban J connectivity index is 1.60. The van der Waals surface area contributed by atoms with E-state index in [2.05, 4.69) is 15.5 Å². The molecule has 0 radical (unpaired) electrons. The highest BCUT2D eigenvalue weighted by atomic mass is 32.1. The number of amides is 2. The highest BCUT2D eigenvalue weighted by Crippen LogP contribution is 2.29. The van der Waals surface area contributed by atoms with Gasteiger partial charge in [0.25, 0.3) is 0 Å². The van der Waals surface area contributed by atoms with Crippen LogP contribution in [0, 0.1) is 0 Å². The molecule has 2 aromatic carbocycles. The summed E-state index contributed by atoms with van der Waals surface area (Å²) in [4.78, 5) is 31.5. The molecule has 222 valence electrons. The number of rotatable bonds is 14. The minimum Gasteiger partial charge on any atom is -0.492 e. The first-order valence-corrected chi connectivity index (χ1v) is 14.7. The highest BCUT2D eigenvalue weighted by molar-refractivity contribution is 7.13. The number of ether oxygens (including phenoxy) is 3. The minimum atomic E-state index is -0.541. The molecule has 0 saturated heterocycles. The molecular formula is C31H42N4O5S. The van der Waals surface area contributed by atoms with Crippen molar-refractivity contribution >= 4 is 23.5 Å². The van der Waals surface area contributed by atoms with Gasteiger partial charge in [-0.25, -0.2) is 14.6 Å². The second kappa shape index (κ2) is 16.0. The van der Waals surface area contributed by atoms with E-state index >= 15 is 0 Å². The van der Waals surface area contributed by atoms with Crippen molar-refractivity contribution in [3.63, 3.8) is 0 Å². The molecule has 0 bridgehead atoms. The van der Waals surface area contributed by atoms with Crippen LogP contribution < -0.4 is 15.4 Å². The number of unbranched alkanes of at least 4 members (excludes halogenated alkanes) is 1. The Labute approximate surface area is 247 Å². The SMILES string of the molecule is CN(C)CCOc1ccc(-c2nc([C@H](CCCCNC(=O)OC(C)(C)C)NC(=O)OCc3ccccc3)cs2)cc1. The van der Waals surface area contributed by atoms with Crippen molar-refractivity contribution in [2.45, 2.75) is 58.3 Å². The first-order valence-electron chi connectivity index (χ1n) is 13.9. The van der Waals surface area contributed by atoms with Gasteiger partial charge in [-0.05, 0) is 84.0 Å². The Morgan fingerprint density at radius 1 is 1.00 bits per heavy atom. The van der Waals surface area contributed by atoms with Crippen LogP contribution >= 0.6 is 11.3 Å². The summed E-state index contributed by atoms with van der Waals surface area (Å²) in [5.74, 6) is 0.813. The van der Waals surface area contributed by atoms with Gasteiger partial charge in [0.15, 0.2) is 0 Å². The van der Waals surface area contributed by atoms with Crippen LogP contribution in [0.5, 0.6) is 5.75 Å². The molecule has 2 N–H and O–H groups in total. The molecule has 0 saturated carbocycles. The predicted molar refractivity (Wildman–Crippen MR) is 162 cm³/mol. The lowest BCUT2D eigenvalue weighted by molar-refractivity contribution is 0.0527. The zero-order chi connectivity index (χ0) is 29.7. The highest BCUT2D eigenvalue weighted by Gasteiger charge is 2.20. The van der Waals surface area contributed by atoms with Gasteiger partial charge < -0.3 is 29.7 Å². The largest absolute Gasteiger partial charge is 0.492 e. The number of aromatic nitrogens is 1. The van der Waals surface area contributed by atoms with Crippen molar-refractivity contribution < 1.29 is 23.8 Å². The first-order chi connectivity index (χ1) is 19.6. The molecule has 0 fully saturated rings. The second-order valence-corrected chi connectivity index (χ2v) is 11.8. The van der Waals surface area contributed by atoms with Gasteiger partial charge in [0, 0.05) is 24.0 Å². The molecule has 0 aliphatic rings. The molecule has 10 heteroatoms. The maximum Gasteiger partial charge on any atom is 0.408 e. The number of hydrogen-bond acceptors (Lipinski definition) is 8. The summed E-state index contributed by atoms with van der Waals surface area (Å²) in [6, 6.07) is 17.1. The third kappa shape index (κ3) is 12.2. The van der Waals surface area contributed by atoms with Gasteiger partial charge in [-0.3, -0.25) is 0 Å². The van der Waals surface area contributed by atoms with E-state index in [4.69, 9.17) is 19.2 Å². The Kier molecular flexibility index (Phi) is 12.4. The molecule has 1 atom stereocenters. The minimum absolute atomic E-state index is 0.185. The molecule has 9 nitrogen and oxygen atoms in total. The van der Waals surface area contributed by atoms with Crippen molar-refractivity contribution in [2.75, 3.05) is 33.8 Å². The normalized spacial score (nSPS) is 12.0. The number of carbonyl (C=O) groups excluding carboxylic acids is 2. The third-order valence-electron chi connectivity index (χ3n) is 5.88. The summed E-state index contributed by atoms with van der Waals surface area (Å²) < 4.78 is 16.6. The average Bonchev–Trinajstić information content (AvgIpc) is 3.41. The van der Waals surface area contributed by atoms with Crippen LogP contribution in [0.4, 0.5) is 9.59 Å². The van der Waals surface area contributed by atoms with Crippen LogP contribution in [-0.2, 0) is 16.1 Å². The molecule has 0 aliphatic heterocycles. The Hall–Kier alpha value is -3.63. The van der Waals surface area contributed by atoms with Crippen molar-refractivity contribution in [1.29, 1.82) is 0 Å². The smallest absolute Gasteiger partial charge is 0.408 e. The summed E-state index contributed by atoms with van der Waals surface area (Å²) in [7, 11) is 4.02. The van der Waals surface area contributed by atoms with E-state index in [1.807, 2.05) is 94.8 Å². The quantitative estimate of drug-likeness (QED) is 0.212. The Bertz CT molecular complexity index is 1210. The number of hydrogen-bond donors (Lipinski definition) is 2. The maximum absolute atomic E-state index is 12.7. The van der Waals surface area contributed by atoms with E-state index in [-0.39, 0.29) is 12.6 Å². The van der Waals surface area contributed by atoms with Crippen molar-refractivity contribution in [2.24, 2.45) is 0 Å². The van der Waals surface area contributed by atoms with E-state index in [1.54, 1.807) is 0 Å². The zero-order valence-corrected chi connectivity index (χ0v) is 25.5. The standard InChI is InChI=1S/C31H42N4O5S/c1-31(2,3)40-29(36)32-18-10-9-13-26(34-30(37)39-21-23-11-7-6-8-12-23)27-22-41-28(33-27)24-14-16-25(17-15-24)38-20-19-35(4)5/h6-8,11-12,14-17,22,26H,9-10,13,18-21H2,1-5H3,(H,32,36)(H,34,37)/t26-/m0/s1. The van der Waals surface area contributed by atoms with Crippen LogP contribution in [0.1, 0.15) is 57.3 Å². The lowest BCUT2D eigenvalue weighted by atomic mass is 10.1. The fourth-order valence-corrected chi connectivity index (χ4v) is 4.68. The number of nitrogens with one attached hydrogen (secondary N) is 2. The second-order valence-electron chi connectivity index (χ2n) is 10.9. The number of benzene rings is 2. The number of carbonyl (C=O) groups is 2. The van der Waals surface area contributed by atoms with Crippen LogP contribution in [0.3, 0.4) is 0 Å². The molecule has 0 unspecified atom stereocenters. The van der Waals surface area contributed by atoms with Crippen molar-refractivity contribution in [1.82, 2.24) is 20.5 Å². The number of likely N-dealkylation sites (N-methyl/N-ethyl adjacent to an activating group) is 1. The lowest BCUT2D eigenvalue weighted by Gasteiger charge is -2.20. The predicted octanol–water partition coefficient (Wildman–Crippen LogP) is 6.41. The molecule has 1 aromatic heterocycles. The zero-order valence-electron chi connectivity index (χ0n) is 24.6. The molecule has 1 heterocycles. The third-order valence-corrected chi connectivity index (χ3v) is 6.79. The lowest BCUT2D eigenvalue weighted by Crippen LogP contribution is -2.33. The average molecular weight is 583 g/mol. The summed E-state index contributed by atoms with van der Waals surface area (Å²) in [5.41, 5.74) is 2.12. The summed E-state index contributed by atoms with van der Waals surface area (Å²) in [5, 5.41) is 8.60. The summed E-state index contributed by atoms with van der Waals surface area (Å²) in [6.45, 7) is 7.62. The van der Waals surface area contributed by atoms with Gasteiger partial charge in [0.05, 0.1) is 11.7 Å². The molecule has 41 heavy (non-hydrogen) atoms. The van der Waals surface area contributed by atoms with Crippen molar-refractivity contribution in [3.05, 3.63) is 71.2 Å². The monoisotopic (exact) mass is 582 g/mol. The number of alkyl carbamates (subject to hydrolysis) is 2. The van der Waals surface area contributed by atoms with E-state index in [1.165, 1.54) is 11.3 Å². The van der Waals surface area contributed by atoms with E-state index in [9.17, 15) is 9.59 Å². The maximum atomic E-state index is 12.7. The topological polar surface area (TPSA) is 102 Å². The summed E-state index contributed by atoms with van der Waals surface area (Å²) >= 11 is 1.52.